The highest BCUT2D eigenvalue weighted by Crippen LogP contribution is 2.26. The van der Waals surface area contributed by atoms with Gasteiger partial charge in [0, 0.05) is 6.07 Å². The van der Waals surface area contributed by atoms with Gasteiger partial charge in [0.1, 0.15) is 34.9 Å². The summed E-state index contributed by atoms with van der Waals surface area (Å²) in [6.07, 6.45) is 0. The number of H-pyrrole nitrogens is 1. The Balaban J connectivity index is 2.19. The van der Waals surface area contributed by atoms with E-state index in [2.05, 4.69) is 10.3 Å². The van der Waals surface area contributed by atoms with Crippen LogP contribution < -0.4 is 16.0 Å². The van der Waals surface area contributed by atoms with Crippen molar-refractivity contribution in [2.75, 3.05) is 11.1 Å². The number of anilines is 2. The van der Waals surface area contributed by atoms with E-state index in [1.807, 2.05) is 12.1 Å². The molecule has 1 atom stereocenters. The van der Waals surface area contributed by atoms with Crippen LogP contribution in [0.4, 0.5) is 20.3 Å². The molecule has 2 aromatic rings. The number of amides is 1. The number of carbonyl (C=O) groups excluding carboxylic acids is 1. The van der Waals surface area contributed by atoms with Crippen LogP contribution in [0.2, 0.25) is 0 Å². The van der Waals surface area contributed by atoms with Crippen LogP contribution in [-0.4, -0.2) is 11.2 Å². The van der Waals surface area contributed by atoms with Crippen LogP contribution >= 0.6 is 11.8 Å². The van der Waals surface area contributed by atoms with E-state index in [1.165, 1.54) is 13.0 Å². The lowest BCUT2D eigenvalue weighted by molar-refractivity contribution is -0.410. The van der Waals surface area contributed by atoms with Gasteiger partial charge < -0.3 is 5.32 Å². The van der Waals surface area contributed by atoms with Crippen molar-refractivity contribution in [3.63, 3.8) is 0 Å². The van der Waals surface area contributed by atoms with Crippen molar-refractivity contribution in [2.24, 2.45) is 0 Å². The summed E-state index contributed by atoms with van der Waals surface area (Å²) in [5.41, 5.74) is 5.65. The summed E-state index contributed by atoms with van der Waals surface area (Å²) >= 11 is 0.970. The van der Waals surface area contributed by atoms with Gasteiger partial charge in [0.05, 0.1) is 10.9 Å². The lowest BCUT2D eigenvalue weighted by Gasteiger charge is -2.12. The number of nitrogen functional groups attached to an aromatic ring is 1. The maximum atomic E-state index is 13.6. The largest absolute Gasteiger partial charge is 0.323 e. The number of nitrogens with two attached hydrogens (primary N) is 1. The van der Waals surface area contributed by atoms with Crippen molar-refractivity contribution in [1.82, 2.24) is 0 Å². The van der Waals surface area contributed by atoms with Crippen molar-refractivity contribution in [2.45, 2.75) is 17.2 Å². The van der Waals surface area contributed by atoms with E-state index in [4.69, 9.17) is 16.3 Å². The Bertz CT molecular complexity index is 920. The second-order valence-corrected chi connectivity index (χ2v) is 6.29. The summed E-state index contributed by atoms with van der Waals surface area (Å²) in [6, 6.07) is 7.78. The molecule has 126 valence electrons. The zero-order valence-corrected chi connectivity index (χ0v) is 13.7. The Morgan fingerprint density at radius 1 is 1.28 bits per heavy atom. The molecule has 1 aromatic carbocycles. The number of aromatic nitrogens is 1. The maximum Gasteiger partial charge on any atom is 0.289 e. The third kappa shape index (κ3) is 4.22. The van der Waals surface area contributed by atoms with Gasteiger partial charge in [-0.05, 0) is 25.1 Å². The van der Waals surface area contributed by atoms with Gasteiger partial charge in [-0.25, -0.2) is 13.8 Å². The monoisotopic (exact) mass is 360 g/mol. The highest BCUT2D eigenvalue weighted by Gasteiger charge is 2.22. The van der Waals surface area contributed by atoms with Crippen LogP contribution in [0.15, 0.2) is 29.3 Å². The SMILES string of the molecule is C[C@H](Sc1[nH+]c(N)c(C#N)cc1C#N)C(=O)Nc1cc(F)ccc1F. The van der Waals surface area contributed by atoms with Crippen LogP contribution in [0, 0.1) is 34.3 Å². The van der Waals surface area contributed by atoms with Crippen molar-refractivity contribution >= 4 is 29.2 Å². The lowest BCUT2D eigenvalue weighted by Crippen LogP contribution is -2.25. The van der Waals surface area contributed by atoms with Crippen molar-refractivity contribution in [3.8, 4) is 12.1 Å². The Hall–Kier alpha value is -3.17. The quantitative estimate of drug-likeness (QED) is 0.811. The minimum absolute atomic E-state index is 0.0628. The molecule has 1 heterocycles. The molecule has 0 radical (unpaired) electrons. The van der Waals surface area contributed by atoms with Crippen LogP contribution in [0.1, 0.15) is 18.1 Å². The third-order valence-electron chi connectivity index (χ3n) is 3.16. The molecule has 6 nitrogen and oxygen atoms in total. The van der Waals surface area contributed by atoms with Gasteiger partial charge in [-0.3, -0.25) is 10.5 Å². The second kappa shape index (κ2) is 7.60. The topological polar surface area (TPSA) is 117 Å². The Labute approximate surface area is 146 Å². The van der Waals surface area contributed by atoms with E-state index in [0.717, 1.165) is 30.0 Å². The molecule has 1 aromatic heterocycles. The zero-order chi connectivity index (χ0) is 18.6. The summed E-state index contributed by atoms with van der Waals surface area (Å²) in [6.45, 7) is 1.53. The van der Waals surface area contributed by atoms with Crippen molar-refractivity contribution < 1.29 is 18.6 Å². The van der Waals surface area contributed by atoms with E-state index < -0.39 is 22.8 Å². The number of carbonyl (C=O) groups is 1. The molecule has 0 spiro atoms. The first-order chi connectivity index (χ1) is 11.8. The van der Waals surface area contributed by atoms with Gasteiger partial charge in [-0.2, -0.15) is 10.5 Å². The van der Waals surface area contributed by atoms with Gasteiger partial charge in [-0.1, -0.05) is 11.8 Å². The summed E-state index contributed by atoms with van der Waals surface area (Å²) in [5, 5.41) is 19.9. The lowest BCUT2D eigenvalue weighted by atomic mass is 10.2. The number of rotatable bonds is 4. The molecule has 9 heteroatoms. The zero-order valence-electron chi connectivity index (χ0n) is 12.9. The predicted octanol–water partition coefficient (Wildman–Crippen LogP) is 2.22. The minimum Gasteiger partial charge on any atom is -0.323 e. The van der Waals surface area contributed by atoms with E-state index in [0.29, 0.717) is 5.03 Å². The van der Waals surface area contributed by atoms with Gasteiger partial charge in [0.2, 0.25) is 5.91 Å². The number of thioether (sulfide) groups is 1. The van der Waals surface area contributed by atoms with Gasteiger partial charge in [0.15, 0.2) is 5.03 Å². The van der Waals surface area contributed by atoms with Gasteiger partial charge in [-0.15, -0.1) is 0 Å². The van der Waals surface area contributed by atoms with Gasteiger partial charge >= 0.3 is 0 Å². The molecule has 0 saturated carbocycles. The van der Waals surface area contributed by atoms with Crippen LogP contribution in [-0.2, 0) is 4.79 Å². The summed E-state index contributed by atoms with van der Waals surface area (Å²) in [4.78, 5) is 14.9. The van der Waals surface area contributed by atoms with Crippen LogP contribution in [0.3, 0.4) is 0 Å². The number of hydrogen-bond acceptors (Lipinski definition) is 5. The number of halogens is 2. The summed E-state index contributed by atoms with van der Waals surface area (Å²) < 4.78 is 26.7. The molecule has 2 rings (SSSR count). The molecule has 4 N–H and O–H groups in total. The maximum absolute atomic E-state index is 13.6. The molecular formula is C16H12F2N5OS+. The van der Waals surface area contributed by atoms with Crippen molar-refractivity contribution in [3.05, 3.63) is 47.0 Å². The average molecular weight is 360 g/mol. The number of nitrogens with zero attached hydrogens (tertiary/aromatic N) is 2. The molecule has 0 fully saturated rings. The molecule has 0 bridgehead atoms. The first-order valence-electron chi connectivity index (χ1n) is 6.94. The smallest absolute Gasteiger partial charge is 0.289 e. The van der Waals surface area contributed by atoms with Crippen LogP contribution in [0.25, 0.3) is 0 Å². The number of aromatic amines is 1. The molecule has 25 heavy (non-hydrogen) atoms. The summed E-state index contributed by atoms with van der Waals surface area (Å²) in [7, 11) is 0. The normalized spacial score (nSPS) is 11.2. The number of nitrogens with one attached hydrogen (secondary N) is 2. The van der Waals surface area contributed by atoms with Crippen molar-refractivity contribution in [1.29, 1.82) is 10.5 Å². The van der Waals surface area contributed by atoms with Crippen LogP contribution in [0.5, 0.6) is 0 Å². The standard InChI is InChI=1S/C16H11F2N5OS/c1-8(15(24)22-13-5-11(17)2-3-12(13)18)25-16-10(7-20)4-9(6-19)14(21)23-16/h2-5,8H,1H3,(H2,21,23)(H,22,24)/p+1/t8-/m0/s1. The molecule has 0 saturated heterocycles. The highest BCUT2D eigenvalue weighted by atomic mass is 32.2. The Kier molecular flexibility index (Phi) is 5.52. The Morgan fingerprint density at radius 3 is 2.60 bits per heavy atom. The fraction of sp³-hybridized carbons (Fsp3) is 0.125. The fourth-order valence-corrected chi connectivity index (χ4v) is 2.79. The predicted molar refractivity (Wildman–Crippen MR) is 87.1 cm³/mol. The molecule has 0 unspecified atom stereocenters. The van der Waals surface area contributed by atoms with E-state index in [-0.39, 0.29) is 22.6 Å². The van der Waals surface area contributed by atoms with E-state index in [1.54, 1.807) is 0 Å². The number of pyridine rings is 1. The summed E-state index contributed by atoms with van der Waals surface area (Å²) in [5.74, 6) is -1.97. The second-order valence-electron chi connectivity index (χ2n) is 4.94. The first kappa shape index (κ1) is 18.2. The Morgan fingerprint density at radius 2 is 1.96 bits per heavy atom. The average Bonchev–Trinajstić information content (AvgIpc) is 2.58. The number of benzene rings is 1. The number of nitriles is 2. The third-order valence-corrected chi connectivity index (χ3v) is 4.29. The highest BCUT2D eigenvalue weighted by molar-refractivity contribution is 8.00. The molecule has 0 aliphatic carbocycles. The molecule has 1 amide bonds. The molecule has 0 aliphatic rings. The van der Waals surface area contributed by atoms with Gasteiger partial charge in [0.25, 0.3) is 5.82 Å². The fourth-order valence-electron chi connectivity index (χ4n) is 1.87. The minimum atomic E-state index is -0.765. The van der Waals surface area contributed by atoms with E-state index in [9.17, 15) is 13.6 Å². The van der Waals surface area contributed by atoms with E-state index >= 15 is 0 Å². The molecular weight excluding hydrogens is 348 g/mol. The number of hydrogen-bond donors (Lipinski definition) is 2. The first-order valence-corrected chi connectivity index (χ1v) is 7.82. The molecule has 0 aliphatic heterocycles.